The van der Waals surface area contributed by atoms with Crippen LogP contribution >= 0.6 is 0 Å². The minimum absolute atomic E-state index is 0.0582. The summed E-state index contributed by atoms with van der Waals surface area (Å²) in [7, 11) is 0. The van der Waals surface area contributed by atoms with Gasteiger partial charge in [0.15, 0.2) is 0 Å². The molecule has 2 N–H and O–H groups in total. The molecule has 3 aliphatic heterocycles. The second kappa shape index (κ2) is 11.4. The molecule has 1 aromatic rings. The number of nitrogens with zero attached hydrogens (tertiary/aromatic N) is 1. The quantitative estimate of drug-likeness (QED) is 0.359. The highest BCUT2D eigenvalue weighted by molar-refractivity contribution is 5.75. The fraction of sp³-hybridized carbons (Fsp3) is 0.600. The average Bonchev–Trinajstić information content (AvgIpc) is 3.43. The summed E-state index contributed by atoms with van der Waals surface area (Å²) < 4.78 is 6.52. The summed E-state index contributed by atoms with van der Waals surface area (Å²) in [4.78, 5) is 23.1. The van der Waals surface area contributed by atoms with Crippen molar-refractivity contribution in [1.82, 2.24) is 10.2 Å². The van der Waals surface area contributed by atoms with Gasteiger partial charge in [-0.1, -0.05) is 42.5 Å². The maximum atomic E-state index is 12.2. The molecule has 0 aromatic heterocycles. The Bertz CT molecular complexity index is 738. The monoisotopic (exact) mass is 428 g/mol. The van der Waals surface area contributed by atoms with Gasteiger partial charge in [0.05, 0.1) is 11.7 Å². The maximum Gasteiger partial charge on any atom is 0.290 e. The number of benzene rings is 1. The Morgan fingerprint density at radius 3 is 2.87 bits per heavy atom. The lowest BCUT2D eigenvalue weighted by Gasteiger charge is -2.29. The van der Waals surface area contributed by atoms with E-state index in [0.29, 0.717) is 24.4 Å². The van der Waals surface area contributed by atoms with Crippen LogP contribution in [0.4, 0.5) is 0 Å². The number of carboxylic acid groups (broad SMARTS) is 1. The lowest BCUT2D eigenvalue weighted by molar-refractivity contribution is -0.123. The van der Waals surface area contributed by atoms with E-state index < -0.39 is 0 Å². The van der Waals surface area contributed by atoms with E-state index in [0.717, 1.165) is 51.9 Å². The largest absolute Gasteiger partial charge is 0.483 e. The topological polar surface area (TPSA) is 78.9 Å². The zero-order valence-corrected chi connectivity index (χ0v) is 18.5. The van der Waals surface area contributed by atoms with Gasteiger partial charge in [-0.05, 0) is 44.6 Å². The molecular formula is C25H36N2O4. The van der Waals surface area contributed by atoms with Gasteiger partial charge in [-0.2, -0.15) is 0 Å². The first-order valence-electron chi connectivity index (χ1n) is 11.5. The summed E-state index contributed by atoms with van der Waals surface area (Å²) >= 11 is 0. The van der Waals surface area contributed by atoms with Crippen LogP contribution in [0.25, 0.3) is 0 Å². The Labute approximate surface area is 185 Å². The first kappa shape index (κ1) is 23.5. The second-order valence-electron chi connectivity index (χ2n) is 8.87. The van der Waals surface area contributed by atoms with E-state index in [-0.39, 0.29) is 18.0 Å². The van der Waals surface area contributed by atoms with Gasteiger partial charge < -0.3 is 15.2 Å². The van der Waals surface area contributed by atoms with Crippen LogP contribution in [0.15, 0.2) is 42.5 Å². The highest BCUT2D eigenvalue weighted by atomic mass is 16.5. The van der Waals surface area contributed by atoms with E-state index in [9.17, 15) is 4.79 Å². The Hall–Kier alpha value is -2.18. The molecule has 3 aliphatic rings. The number of unbranched alkanes of at least 4 members (excludes halogenated alkanes) is 1. The van der Waals surface area contributed by atoms with E-state index >= 15 is 0 Å². The average molecular weight is 429 g/mol. The number of hydrogen-bond donors (Lipinski definition) is 2. The van der Waals surface area contributed by atoms with Crippen LogP contribution in [0.5, 0.6) is 0 Å². The van der Waals surface area contributed by atoms with Gasteiger partial charge in [0.1, 0.15) is 0 Å². The molecule has 170 valence electrons. The molecule has 3 saturated heterocycles. The van der Waals surface area contributed by atoms with Crippen molar-refractivity contribution < 1.29 is 19.4 Å². The number of hydrogen-bond acceptors (Lipinski definition) is 4. The van der Waals surface area contributed by atoms with E-state index in [1.54, 1.807) is 0 Å². The predicted octanol–water partition coefficient (Wildman–Crippen LogP) is 3.27. The molecule has 0 aliphatic carbocycles. The van der Waals surface area contributed by atoms with Crippen LogP contribution in [0.3, 0.4) is 0 Å². The zero-order valence-electron chi connectivity index (χ0n) is 18.5. The van der Waals surface area contributed by atoms with E-state index in [2.05, 4.69) is 46.6 Å². The molecule has 3 heterocycles. The van der Waals surface area contributed by atoms with Crippen LogP contribution in [0.1, 0.15) is 44.6 Å². The molecule has 1 aromatic carbocycles. The molecule has 31 heavy (non-hydrogen) atoms. The van der Waals surface area contributed by atoms with Crippen molar-refractivity contribution in [3.63, 3.8) is 0 Å². The van der Waals surface area contributed by atoms with Gasteiger partial charge in [-0.3, -0.25) is 14.5 Å². The number of ether oxygens (including phenoxy) is 1. The van der Waals surface area contributed by atoms with E-state index in [1.165, 1.54) is 12.0 Å². The molecule has 0 unspecified atom stereocenters. The molecule has 4 atom stereocenters. The van der Waals surface area contributed by atoms with Gasteiger partial charge in [0.2, 0.25) is 5.91 Å². The number of amides is 1. The fourth-order valence-electron chi connectivity index (χ4n) is 5.53. The number of carbonyl (C=O) groups is 2. The first-order chi connectivity index (χ1) is 15.1. The summed E-state index contributed by atoms with van der Waals surface area (Å²) in [5.41, 5.74) is 1.46. The number of rotatable bonds is 9. The van der Waals surface area contributed by atoms with Crippen LogP contribution in [0.2, 0.25) is 0 Å². The lowest BCUT2D eigenvalue weighted by Crippen LogP contribution is -2.41. The standard InChI is InChI=1S/C24H34N2O2.CH2O2/c1-2-3-4-8-11-23(27)25-16-20-21-17-26(15-13-19-9-6-5-7-10-19)18-24(21)14-12-22(20)28-24;2-1-3/h2-3,5-7,9-10,20-22H,4,8,11-18H2,1H3,(H,25,27);1H,(H,2,3)/b3-2+;/t20-,21+,22+,24+;/m0./s1. The van der Waals surface area contributed by atoms with Crippen LogP contribution in [-0.4, -0.2) is 60.3 Å². The molecule has 6 nitrogen and oxygen atoms in total. The Balaban J connectivity index is 0.000000858. The third kappa shape index (κ3) is 5.95. The normalized spacial score (nSPS) is 28.9. The molecule has 2 bridgehead atoms. The number of carbonyl (C=O) groups excluding carboxylic acids is 1. The Morgan fingerprint density at radius 1 is 1.35 bits per heavy atom. The van der Waals surface area contributed by atoms with Crippen molar-refractivity contribution in [3.8, 4) is 0 Å². The third-order valence-electron chi connectivity index (χ3n) is 6.96. The summed E-state index contributed by atoms with van der Waals surface area (Å²) in [6, 6.07) is 10.7. The number of allylic oxidation sites excluding steroid dienone is 2. The van der Waals surface area contributed by atoms with E-state index in [1.807, 2.05) is 13.0 Å². The summed E-state index contributed by atoms with van der Waals surface area (Å²) in [6.45, 7) is 5.84. The minimum Gasteiger partial charge on any atom is -0.483 e. The highest BCUT2D eigenvalue weighted by Gasteiger charge is 2.62. The van der Waals surface area contributed by atoms with E-state index in [4.69, 9.17) is 14.6 Å². The van der Waals surface area contributed by atoms with Gasteiger partial charge in [-0.25, -0.2) is 0 Å². The van der Waals surface area contributed by atoms with Gasteiger partial charge >= 0.3 is 0 Å². The van der Waals surface area contributed by atoms with Crippen molar-refractivity contribution in [2.75, 3.05) is 26.2 Å². The molecule has 0 radical (unpaired) electrons. The first-order valence-corrected chi connectivity index (χ1v) is 11.5. The molecular weight excluding hydrogens is 392 g/mol. The van der Waals surface area contributed by atoms with Gasteiger partial charge in [-0.15, -0.1) is 0 Å². The third-order valence-corrected chi connectivity index (χ3v) is 6.96. The molecule has 3 fully saturated rings. The van der Waals surface area contributed by atoms with Crippen molar-refractivity contribution in [3.05, 3.63) is 48.0 Å². The molecule has 4 rings (SSSR count). The number of nitrogens with one attached hydrogen (secondary N) is 1. The zero-order chi connectivity index (χ0) is 22.1. The highest BCUT2D eigenvalue weighted by Crippen LogP contribution is 2.54. The SMILES string of the molecule is C/C=C/CCCC(=O)NC[C@H]1[C@H]2CN(CCc3ccccc3)C[C@]23CC[C@H]1O3.O=CO. The minimum atomic E-state index is -0.250. The lowest BCUT2D eigenvalue weighted by atomic mass is 9.73. The number of likely N-dealkylation sites (tertiary alicyclic amines) is 1. The molecule has 0 saturated carbocycles. The number of fused-ring (bicyclic) bond motifs is 1. The summed E-state index contributed by atoms with van der Waals surface area (Å²) in [5, 5.41) is 10.1. The molecule has 1 amide bonds. The van der Waals surface area contributed by atoms with Crippen molar-refractivity contribution in [2.24, 2.45) is 11.8 Å². The van der Waals surface area contributed by atoms with Crippen LogP contribution < -0.4 is 5.32 Å². The summed E-state index contributed by atoms with van der Waals surface area (Å²) in [5.74, 6) is 1.25. The van der Waals surface area contributed by atoms with Gasteiger partial charge in [0.25, 0.3) is 6.47 Å². The Kier molecular flexibility index (Phi) is 8.67. The second-order valence-corrected chi connectivity index (χ2v) is 8.87. The van der Waals surface area contributed by atoms with Crippen molar-refractivity contribution >= 4 is 12.4 Å². The smallest absolute Gasteiger partial charge is 0.290 e. The van der Waals surface area contributed by atoms with Gasteiger partial charge in [0, 0.05) is 44.4 Å². The molecule has 6 heteroatoms. The van der Waals surface area contributed by atoms with Crippen molar-refractivity contribution in [1.29, 1.82) is 0 Å². The predicted molar refractivity (Wildman–Crippen MR) is 121 cm³/mol. The van der Waals surface area contributed by atoms with Crippen LogP contribution in [0, 0.1) is 11.8 Å². The fourth-order valence-corrected chi connectivity index (χ4v) is 5.53. The summed E-state index contributed by atoms with van der Waals surface area (Å²) in [6.07, 6.45) is 10.5. The van der Waals surface area contributed by atoms with Crippen LogP contribution in [-0.2, 0) is 20.7 Å². The Morgan fingerprint density at radius 2 is 2.13 bits per heavy atom. The maximum absolute atomic E-state index is 12.2. The molecule has 1 spiro atoms. The van der Waals surface area contributed by atoms with Crippen molar-refractivity contribution in [2.45, 2.75) is 57.2 Å².